The fourth-order valence-corrected chi connectivity index (χ4v) is 3.74. The van der Waals surface area contributed by atoms with Gasteiger partial charge in [-0.3, -0.25) is 9.59 Å². The Balaban J connectivity index is 1.76. The first-order valence-electron chi connectivity index (χ1n) is 8.72. The van der Waals surface area contributed by atoms with Crippen LogP contribution in [0.3, 0.4) is 0 Å². The largest absolute Gasteiger partial charge is 0.347 e. The second kappa shape index (κ2) is 6.48. The Kier molecular flexibility index (Phi) is 4.57. The lowest BCUT2D eigenvalue weighted by atomic mass is 9.95. The van der Waals surface area contributed by atoms with Gasteiger partial charge in [-0.25, -0.2) is 0 Å². The molecule has 1 aromatic heterocycles. The monoisotopic (exact) mass is 317 g/mol. The Hall–Kier alpha value is -1.62. The molecule has 2 saturated heterocycles. The molecular weight excluding hydrogens is 290 g/mol. The van der Waals surface area contributed by atoms with Crippen LogP contribution >= 0.6 is 0 Å². The van der Waals surface area contributed by atoms with E-state index in [1.807, 2.05) is 13.0 Å². The molecule has 2 fully saturated rings. The third-order valence-corrected chi connectivity index (χ3v) is 5.16. The van der Waals surface area contributed by atoms with E-state index in [1.54, 1.807) is 10.8 Å². The molecule has 5 heteroatoms. The first-order chi connectivity index (χ1) is 11.0. The molecule has 2 N–H and O–H groups in total. The highest BCUT2D eigenvalue weighted by Gasteiger charge is 2.40. The van der Waals surface area contributed by atoms with Gasteiger partial charge in [0.05, 0.1) is 0 Å². The van der Waals surface area contributed by atoms with Crippen molar-refractivity contribution in [3.8, 4) is 0 Å². The second-order valence-electron chi connectivity index (χ2n) is 7.42. The molecule has 0 radical (unpaired) electrons. The molecule has 3 rings (SSSR count). The maximum absolute atomic E-state index is 12.7. The van der Waals surface area contributed by atoms with Crippen LogP contribution in [0.5, 0.6) is 0 Å². The minimum atomic E-state index is -0.217. The molecule has 5 nitrogen and oxygen atoms in total. The zero-order chi connectivity index (χ0) is 16.6. The highest BCUT2D eigenvalue weighted by Crippen LogP contribution is 2.28. The van der Waals surface area contributed by atoms with E-state index in [1.165, 1.54) is 6.42 Å². The van der Waals surface area contributed by atoms with Crippen LogP contribution in [0.25, 0.3) is 0 Å². The number of aryl methyl sites for hydroxylation is 2. The van der Waals surface area contributed by atoms with Crippen LogP contribution in [-0.2, 0) is 6.54 Å². The van der Waals surface area contributed by atoms with Crippen molar-refractivity contribution < 1.29 is 4.79 Å². The van der Waals surface area contributed by atoms with E-state index >= 15 is 0 Å². The van der Waals surface area contributed by atoms with Gasteiger partial charge in [0, 0.05) is 30.9 Å². The molecule has 3 atom stereocenters. The van der Waals surface area contributed by atoms with Gasteiger partial charge in [-0.1, -0.05) is 13.8 Å². The van der Waals surface area contributed by atoms with Gasteiger partial charge in [0.1, 0.15) is 5.56 Å². The lowest BCUT2D eigenvalue weighted by Crippen LogP contribution is -2.45. The summed E-state index contributed by atoms with van der Waals surface area (Å²) in [6, 6.07) is 2.93. The van der Waals surface area contributed by atoms with Crippen molar-refractivity contribution in [1.29, 1.82) is 0 Å². The van der Waals surface area contributed by atoms with Crippen LogP contribution in [0.2, 0.25) is 0 Å². The lowest BCUT2D eigenvalue weighted by molar-refractivity contribution is 0.0928. The molecule has 0 spiro atoms. The number of carbonyl (C=O) groups excluding carboxylic acids is 1. The summed E-state index contributed by atoms with van der Waals surface area (Å²) in [6.45, 7) is 6.76. The third-order valence-electron chi connectivity index (χ3n) is 5.16. The maximum atomic E-state index is 12.7. The van der Waals surface area contributed by atoms with Crippen LogP contribution in [0.4, 0.5) is 0 Å². The van der Waals surface area contributed by atoms with E-state index in [0.29, 0.717) is 30.1 Å². The SMILES string of the molecule is Cc1ccn(CCC(C)C)c(=O)c1C(=O)N[C@H]1C[C@H]2CC[C@@H]1N2. The van der Waals surface area contributed by atoms with Crippen molar-refractivity contribution in [2.75, 3.05) is 0 Å². The minimum absolute atomic E-state index is 0.157. The Morgan fingerprint density at radius 1 is 1.43 bits per heavy atom. The van der Waals surface area contributed by atoms with Gasteiger partial charge in [-0.2, -0.15) is 0 Å². The van der Waals surface area contributed by atoms with Crippen molar-refractivity contribution >= 4 is 5.91 Å². The zero-order valence-electron chi connectivity index (χ0n) is 14.3. The number of nitrogens with zero attached hydrogens (tertiary/aromatic N) is 1. The quantitative estimate of drug-likeness (QED) is 0.871. The van der Waals surface area contributed by atoms with Gasteiger partial charge >= 0.3 is 0 Å². The summed E-state index contributed by atoms with van der Waals surface area (Å²) in [5.74, 6) is 0.311. The Bertz CT molecular complexity index is 650. The first-order valence-corrected chi connectivity index (χ1v) is 8.72. The summed E-state index contributed by atoms with van der Waals surface area (Å²) < 4.78 is 1.67. The molecule has 1 aromatic rings. The molecule has 0 aliphatic carbocycles. The summed E-state index contributed by atoms with van der Waals surface area (Å²) in [5.41, 5.74) is 0.891. The Morgan fingerprint density at radius 2 is 2.22 bits per heavy atom. The molecule has 0 unspecified atom stereocenters. The average Bonchev–Trinajstić information content (AvgIpc) is 3.08. The second-order valence-corrected chi connectivity index (χ2v) is 7.42. The number of fused-ring (bicyclic) bond motifs is 2. The minimum Gasteiger partial charge on any atom is -0.347 e. The fourth-order valence-electron chi connectivity index (χ4n) is 3.74. The van der Waals surface area contributed by atoms with Gasteiger partial charge in [0.2, 0.25) is 0 Å². The van der Waals surface area contributed by atoms with Crippen molar-refractivity contribution in [2.45, 2.75) is 71.1 Å². The molecule has 0 saturated carbocycles. The van der Waals surface area contributed by atoms with Crippen molar-refractivity contribution in [2.24, 2.45) is 5.92 Å². The van der Waals surface area contributed by atoms with E-state index in [9.17, 15) is 9.59 Å². The van der Waals surface area contributed by atoms with Crippen LogP contribution in [-0.4, -0.2) is 28.6 Å². The highest BCUT2D eigenvalue weighted by molar-refractivity contribution is 5.95. The average molecular weight is 317 g/mol. The highest BCUT2D eigenvalue weighted by atomic mass is 16.2. The molecule has 3 heterocycles. The smallest absolute Gasteiger partial charge is 0.263 e. The maximum Gasteiger partial charge on any atom is 0.263 e. The Labute approximate surface area is 137 Å². The van der Waals surface area contributed by atoms with Crippen molar-refractivity contribution in [3.63, 3.8) is 0 Å². The third kappa shape index (κ3) is 3.34. The number of hydrogen-bond acceptors (Lipinski definition) is 3. The molecule has 126 valence electrons. The fraction of sp³-hybridized carbons (Fsp3) is 0.667. The summed E-state index contributed by atoms with van der Waals surface area (Å²) >= 11 is 0. The van der Waals surface area contributed by atoms with Crippen LogP contribution in [0.1, 0.15) is 55.5 Å². The van der Waals surface area contributed by atoms with Crippen molar-refractivity contribution in [3.05, 3.63) is 33.7 Å². The summed E-state index contributed by atoms with van der Waals surface area (Å²) in [5, 5.41) is 6.60. The predicted octanol–water partition coefficient (Wildman–Crippen LogP) is 1.83. The standard InChI is InChI=1S/C18H27N3O2/c1-11(2)6-8-21-9-7-12(3)16(18(21)23)17(22)20-15-10-13-4-5-14(15)19-13/h7,9,11,13-15,19H,4-6,8,10H2,1-3H3,(H,20,22)/t13-,14+,15+/m1/s1. The molecule has 1 amide bonds. The molecule has 2 bridgehead atoms. The summed E-state index contributed by atoms with van der Waals surface area (Å²) in [6.07, 6.45) is 6.02. The number of aromatic nitrogens is 1. The number of nitrogens with one attached hydrogen (secondary N) is 2. The molecule has 23 heavy (non-hydrogen) atoms. The van der Waals surface area contributed by atoms with E-state index in [-0.39, 0.29) is 17.5 Å². The van der Waals surface area contributed by atoms with Crippen LogP contribution < -0.4 is 16.2 Å². The number of carbonyl (C=O) groups is 1. The van der Waals surface area contributed by atoms with Gasteiger partial charge < -0.3 is 15.2 Å². The molecular formula is C18H27N3O2. The number of hydrogen-bond donors (Lipinski definition) is 2. The topological polar surface area (TPSA) is 63.1 Å². The summed E-state index contributed by atoms with van der Waals surface area (Å²) in [4.78, 5) is 25.3. The van der Waals surface area contributed by atoms with Crippen LogP contribution in [0, 0.1) is 12.8 Å². The van der Waals surface area contributed by atoms with E-state index in [2.05, 4.69) is 24.5 Å². The molecule has 2 aliphatic rings. The van der Waals surface area contributed by atoms with E-state index < -0.39 is 0 Å². The normalized spacial score (nSPS) is 26.0. The van der Waals surface area contributed by atoms with Crippen LogP contribution in [0.15, 0.2) is 17.1 Å². The van der Waals surface area contributed by atoms with E-state index in [0.717, 1.165) is 24.8 Å². The molecule has 0 aromatic carbocycles. The predicted molar refractivity (Wildman–Crippen MR) is 90.7 cm³/mol. The summed E-state index contributed by atoms with van der Waals surface area (Å²) in [7, 11) is 0. The first kappa shape index (κ1) is 16.2. The lowest BCUT2D eigenvalue weighted by Gasteiger charge is -2.22. The number of amides is 1. The number of rotatable bonds is 5. The van der Waals surface area contributed by atoms with Gasteiger partial charge in [0.25, 0.3) is 11.5 Å². The van der Waals surface area contributed by atoms with Crippen molar-refractivity contribution in [1.82, 2.24) is 15.2 Å². The van der Waals surface area contributed by atoms with Gasteiger partial charge in [0.15, 0.2) is 0 Å². The zero-order valence-corrected chi connectivity index (χ0v) is 14.3. The van der Waals surface area contributed by atoms with E-state index in [4.69, 9.17) is 0 Å². The van der Waals surface area contributed by atoms with Gasteiger partial charge in [-0.05, 0) is 50.2 Å². The van der Waals surface area contributed by atoms with Gasteiger partial charge in [-0.15, -0.1) is 0 Å². The number of pyridine rings is 1. The molecule has 2 aliphatic heterocycles. The Morgan fingerprint density at radius 3 is 2.83 bits per heavy atom.